The average molecular weight is 370 g/mol. The van der Waals surface area contributed by atoms with Gasteiger partial charge in [-0.15, -0.1) is 0 Å². The molecule has 0 atom stereocenters. The topological polar surface area (TPSA) is 84.5 Å². The van der Waals surface area contributed by atoms with E-state index >= 15 is 0 Å². The minimum absolute atomic E-state index is 0.0696. The molecule has 0 aliphatic heterocycles. The number of imide groups is 1. The second-order valence-electron chi connectivity index (χ2n) is 8.57. The van der Waals surface area contributed by atoms with E-state index in [1.165, 1.54) is 26.2 Å². The normalized spacial score (nSPS) is 30.6. The van der Waals surface area contributed by atoms with Crippen LogP contribution in [0.15, 0.2) is 24.3 Å². The summed E-state index contributed by atoms with van der Waals surface area (Å²) in [4.78, 5) is 35.8. The predicted molar refractivity (Wildman–Crippen MR) is 99.5 cm³/mol. The van der Waals surface area contributed by atoms with E-state index in [9.17, 15) is 14.4 Å². The van der Waals surface area contributed by atoms with Crippen LogP contribution in [0.25, 0.3) is 0 Å². The van der Waals surface area contributed by atoms with Crippen LogP contribution in [-0.4, -0.2) is 29.9 Å². The number of ether oxygens (including phenoxy) is 1. The maximum absolute atomic E-state index is 12.3. The van der Waals surface area contributed by atoms with E-state index in [0.29, 0.717) is 11.3 Å². The molecule has 2 N–H and O–H groups in total. The van der Waals surface area contributed by atoms with Crippen molar-refractivity contribution >= 4 is 17.7 Å². The molecule has 6 nitrogen and oxygen atoms in total. The molecule has 4 bridgehead atoms. The van der Waals surface area contributed by atoms with Gasteiger partial charge in [0.05, 0.1) is 0 Å². The summed E-state index contributed by atoms with van der Waals surface area (Å²) in [6.45, 7) is 1.20. The highest BCUT2D eigenvalue weighted by atomic mass is 16.5. The second-order valence-corrected chi connectivity index (χ2v) is 8.57. The van der Waals surface area contributed by atoms with Crippen molar-refractivity contribution in [2.24, 2.45) is 17.8 Å². The fraction of sp³-hybridized carbons (Fsp3) is 0.571. The number of hydrogen-bond acceptors (Lipinski definition) is 4. The maximum atomic E-state index is 12.3. The van der Waals surface area contributed by atoms with Gasteiger partial charge in [0, 0.05) is 11.1 Å². The molecule has 1 aromatic rings. The Labute approximate surface area is 159 Å². The summed E-state index contributed by atoms with van der Waals surface area (Å²) < 4.78 is 5.41. The van der Waals surface area contributed by atoms with E-state index in [4.69, 9.17) is 4.74 Å². The van der Waals surface area contributed by atoms with Gasteiger partial charge in [-0.05, 0) is 75.3 Å². The number of rotatable bonds is 5. The van der Waals surface area contributed by atoms with Gasteiger partial charge in [-0.3, -0.25) is 14.9 Å². The Kier molecular flexibility index (Phi) is 4.66. The van der Waals surface area contributed by atoms with Crippen LogP contribution in [0.1, 0.15) is 55.8 Å². The van der Waals surface area contributed by atoms with Crippen molar-refractivity contribution in [2.45, 2.75) is 51.0 Å². The predicted octanol–water partition coefficient (Wildman–Crippen LogP) is 3.06. The van der Waals surface area contributed by atoms with Crippen molar-refractivity contribution < 1.29 is 19.1 Å². The van der Waals surface area contributed by atoms with Crippen molar-refractivity contribution in [3.05, 3.63) is 29.8 Å². The van der Waals surface area contributed by atoms with Crippen molar-refractivity contribution in [3.63, 3.8) is 0 Å². The minimum atomic E-state index is -0.495. The Morgan fingerprint density at radius 1 is 1.07 bits per heavy atom. The van der Waals surface area contributed by atoms with Gasteiger partial charge >= 0.3 is 6.03 Å². The lowest BCUT2D eigenvalue weighted by Gasteiger charge is -2.56. The second kappa shape index (κ2) is 6.98. The number of nitrogens with one attached hydrogen (secondary N) is 2. The summed E-state index contributed by atoms with van der Waals surface area (Å²) in [7, 11) is 0. The molecule has 1 aromatic carbocycles. The smallest absolute Gasteiger partial charge is 0.321 e. The first-order chi connectivity index (χ1) is 12.9. The van der Waals surface area contributed by atoms with E-state index < -0.39 is 11.9 Å². The third-order valence-corrected chi connectivity index (χ3v) is 6.28. The molecule has 4 saturated carbocycles. The van der Waals surface area contributed by atoms with Gasteiger partial charge < -0.3 is 10.1 Å². The van der Waals surface area contributed by atoms with Crippen molar-refractivity contribution in [3.8, 4) is 5.75 Å². The summed E-state index contributed by atoms with van der Waals surface area (Å²) in [5.41, 5.74) is 0.392. The Balaban J connectivity index is 1.28. The van der Waals surface area contributed by atoms with Crippen molar-refractivity contribution in [1.29, 1.82) is 0 Å². The summed E-state index contributed by atoms with van der Waals surface area (Å²) >= 11 is 0. The molecule has 4 aliphatic carbocycles. The fourth-order valence-electron chi connectivity index (χ4n) is 5.65. The lowest BCUT2D eigenvalue weighted by molar-refractivity contribution is -0.122. The van der Waals surface area contributed by atoms with Gasteiger partial charge in [-0.1, -0.05) is 12.1 Å². The first kappa shape index (κ1) is 18.0. The molecule has 4 aliphatic rings. The van der Waals surface area contributed by atoms with Crippen LogP contribution in [-0.2, 0) is 4.79 Å². The molecule has 144 valence electrons. The molecule has 5 rings (SSSR count). The SMILES string of the molecule is CC(=O)c1cccc(OCC(=O)NC(=O)NC23CC4CC(CC(C4)C2)C3)c1. The molecule has 0 aromatic heterocycles. The van der Waals surface area contributed by atoms with E-state index in [2.05, 4.69) is 10.6 Å². The van der Waals surface area contributed by atoms with E-state index in [1.807, 2.05) is 0 Å². The van der Waals surface area contributed by atoms with Crippen LogP contribution in [0.4, 0.5) is 4.79 Å². The quantitative estimate of drug-likeness (QED) is 0.780. The summed E-state index contributed by atoms with van der Waals surface area (Å²) in [6, 6.07) is 6.22. The molecular weight excluding hydrogens is 344 g/mol. The molecule has 0 heterocycles. The molecule has 0 saturated heterocycles. The number of carbonyl (C=O) groups excluding carboxylic acids is 3. The van der Waals surface area contributed by atoms with Crippen LogP contribution >= 0.6 is 0 Å². The minimum Gasteiger partial charge on any atom is -0.484 e. The number of carbonyl (C=O) groups is 3. The third kappa shape index (κ3) is 3.99. The van der Waals surface area contributed by atoms with Crippen LogP contribution in [0.5, 0.6) is 5.75 Å². The Bertz CT molecular complexity index is 738. The van der Waals surface area contributed by atoms with E-state index in [1.54, 1.807) is 24.3 Å². The number of urea groups is 1. The Morgan fingerprint density at radius 3 is 2.30 bits per heavy atom. The molecule has 27 heavy (non-hydrogen) atoms. The molecule has 0 unspecified atom stereocenters. The number of hydrogen-bond donors (Lipinski definition) is 2. The molecular formula is C21H26N2O4. The number of amides is 3. The zero-order valence-electron chi connectivity index (χ0n) is 15.6. The largest absolute Gasteiger partial charge is 0.484 e. The van der Waals surface area contributed by atoms with Crippen LogP contribution < -0.4 is 15.4 Å². The Morgan fingerprint density at radius 2 is 1.70 bits per heavy atom. The monoisotopic (exact) mass is 370 g/mol. The van der Waals surface area contributed by atoms with Crippen molar-refractivity contribution in [2.75, 3.05) is 6.61 Å². The maximum Gasteiger partial charge on any atom is 0.321 e. The fourth-order valence-corrected chi connectivity index (χ4v) is 5.65. The molecule has 3 amide bonds. The number of Topliss-reactive ketones (excluding diaryl/α,β-unsaturated/α-hetero) is 1. The lowest BCUT2D eigenvalue weighted by atomic mass is 9.53. The Hall–Kier alpha value is -2.37. The van der Waals surface area contributed by atoms with Gasteiger partial charge in [0.1, 0.15) is 5.75 Å². The molecule has 0 radical (unpaired) electrons. The van der Waals surface area contributed by atoms with E-state index in [-0.39, 0.29) is 17.9 Å². The zero-order valence-corrected chi connectivity index (χ0v) is 15.6. The van der Waals surface area contributed by atoms with Gasteiger partial charge in [-0.25, -0.2) is 4.79 Å². The summed E-state index contributed by atoms with van der Waals surface area (Å²) in [6.07, 6.45) is 7.01. The highest BCUT2D eigenvalue weighted by Crippen LogP contribution is 2.55. The van der Waals surface area contributed by atoms with Crippen LogP contribution in [0.3, 0.4) is 0 Å². The summed E-state index contributed by atoms with van der Waals surface area (Å²) in [5.74, 6) is 2.04. The van der Waals surface area contributed by atoms with E-state index in [0.717, 1.165) is 37.0 Å². The van der Waals surface area contributed by atoms with Gasteiger partial charge in [0.15, 0.2) is 12.4 Å². The first-order valence-corrected chi connectivity index (χ1v) is 9.76. The highest BCUT2D eigenvalue weighted by Gasteiger charge is 2.51. The van der Waals surface area contributed by atoms with Gasteiger partial charge in [0.25, 0.3) is 5.91 Å². The standard InChI is InChI=1S/C21H26N2O4/c1-13(24)17-3-2-4-18(8-17)27-12-19(25)22-20(26)23-21-9-14-5-15(10-21)7-16(6-14)11-21/h2-4,8,14-16H,5-7,9-12H2,1H3,(H2,22,23,25,26). The molecule has 4 fully saturated rings. The van der Waals surface area contributed by atoms with Crippen LogP contribution in [0, 0.1) is 17.8 Å². The molecule has 0 spiro atoms. The third-order valence-electron chi connectivity index (χ3n) is 6.28. The van der Waals surface area contributed by atoms with Crippen molar-refractivity contribution in [1.82, 2.24) is 10.6 Å². The first-order valence-electron chi connectivity index (χ1n) is 9.76. The van der Waals surface area contributed by atoms with Crippen LogP contribution in [0.2, 0.25) is 0 Å². The number of ketones is 1. The summed E-state index contributed by atoms with van der Waals surface area (Å²) in [5, 5.41) is 5.49. The number of benzene rings is 1. The van der Waals surface area contributed by atoms with Gasteiger partial charge in [-0.2, -0.15) is 0 Å². The molecule has 6 heteroatoms. The highest BCUT2D eigenvalue weighted by molar-refractivity contribution is 5.95. The van der Waals surface area contributed by atoms with Gasteiger partial charge in [0.2, 0.25) is 0 Å². The zero-order chi connectivity index (χ0) is 19.0. The lowest BCUT2D eigenvalue weighted by Crippen LogP contribution is -2.62. The average Bonchev–Trinajstić information content (AvgIpc) is 2.58.